The van der Waals surface area contributed by atoms with E-state index in [0.29, 0.717) is 25.7 Å². The Morgan fingerprint density at radius 1 is 1.25 bits per heavy atom. The molecular formula is C14H19NO5. The average Bonchev–Trinajstić information content (AvgIpc) is 2.83. The van der Waals surface area contributed by atoms with Gasteiger partial charge in [0.25, 0.3) is 11.8 Å². The Kier molecular flexibility index (Phi) is 3.08. The van der Waals surface area contributed by atoms with Gasteiger partial charge < -0.3 is 9.84 Å². The third-order valence-electron chi connectivity index (χ3n) is 4.81. The first-order valence-electron chi connectivity index (χ1n) is 7.22. The first kappa shape index (κ1) is 13.5. The van der Waals surface area contributed by atoms with Crippen molar-refractivity contribution in [1.29, 1.82) is 0 Å². The van der Waals surface area contributed by atoms with Crippen LogP contribution >= 0.6 is 0 Å². The van der Waals surface area contributed by atoms with Gasteiger partial charge in [0.2, 0.25) is 0 Å². The number of aliphatic carboxylic acids is 1. The van der Waals surface area contributed by atoms with Gasteiger partial charge in [-0.3, -0.25) is 14.5 Å². The maximum absolute atomic E-state index is 12.4. The highest BCUT2D eigenvalue weighted by Gasteiger charge is 2.58. The van der Waals surface area contributed by atoms with Gasteiger partial charge in [0.1, 0.15) is 17.7 Å². The molecule has 2 bridgehead atoms. The zero-order chi connectivity index (χ0) is 14.5. The number of carboxylic acid groups (broad SMARTS) is 1. The summed E-state index contributed by atoms with van der Waals surface area (Å²) in [4.78, 5) is 37.7. The van der Waals surface area contributed by atoms with Crippen LogP contribution in [-0.2, 0) is 19.1 Å². The summed E-state index contributed by atoms with van der Waals surface area (Å²) in [5.41, 5.74) is -1.36. The second-order valence-electron chi connectivity index (χ2n) is 6.24. The molecule has 4 atom stereocenters. The van der Waals surface area contributed by atoms with Crippen LogP contribution in [0.5, 0.6) is 0 Å². The fraction of sp³-hybridized carbons (Fsp3) is 0.786. The van der Waals surface area contributed by atoms with Crippen molar-refractivity contribution in [3.05, 3.63) is 0 Å². The highest BCUT2D eigenvalue weighted by Crippen LogP contribution is 2.41. The lowest BCUT2D eigenvalue weighted by atomic mass is 9.74. The number of nitrogens with zero attached hydrogens (tertiary/aromatic N) is 1. The predicted molar refractivity (Wildman–Crippen MR) is 67.7 cm³/mol. The Morgan fingerprint density at radius 2 is 1.85 bits per heavy atom. The minimum absolute atomic E-state index is 0.195. The van der Waals surface area contributed by atoms with Crippen molar-refractivity contribution in [2.45, 2.75) is 63.2 Å². The Bertz CT molecular complexity index is 454. The summed E-state index contributed by atoms with van der Waals surface area (Å²) in [6.07, 6.45) is 2.11. The van der Waals surface area contributed by atoms with Crippen LogP contribution in [0.3, 0.4) is 0 Å². The lowest BCUT2D eigenvalue weighted by Gasteiger charge is -2.46. The van der Waals surface area contributed by atoms with Crippen molar-refractivity contribution in [1.82, 2.24) is 4.90 Å². The predicted octanol–water partition coefficient (Wildman–Crippen LogP) is 0.936. The number of carboxylic acids is 1. The van der Waals surface area contributed by atoms with Gasteiger partial charge >= 0.3 is 5.97 Å². The van der Waals surface area contributed by atoms with Crippen LogP contribution in [0.2, 0.25) is 0 Å². The van der Waals surface area contributed by atoms with Gasteiger partial charge in [0.15, 0.2) is 0 Å². The third-order valence-corrected chi connectivity index (χ3v) is 4.81. The summed E-state index contributed by atoms with van der Waals surface area (Å²) in [5.74, 6) is -1.78. The van der Waals surface area contributed by atoms with Gasteiger partial charge in [-0.25, -0.2) is 4.79 Å². The van der Waals surface area contributed by atoms with E-state index in [-0.39, 0.29) is 5.92 Å². The smallest absolute Gasteiger partial charge is 0.330 e. The van der Waals surface area contributed by atoms with E-state index in [0.717, 1.165) is 17.7 Å². The van der Waals surface area contributed by atoms with E-state index in [1.165, 1.54) is 0 Å². The van der Waals surface area contributed by atoms with E-state index in [4.69, 9.17) is 4.74 Å². The van der Waals surface area contributed by atoms with Crippen molar-refractivity contribution < 1.29 is 24.2 Å². The number of carbonyl (C=O) groups is 3. The zero-order valence-electron chi connectivity index (χ0n) is 11.5. The van der Waals surface area contributed by atoms with Gasteiger partial charge in [0.05, 0.1) is 0 Å². The number of imide groups is 1. The summed E-state index contributed by atoms with van der Waals surface area (Å²) >= 11 is 0. The summed E-state index contributed by atoms with van der Waals surface area (Å²) in [6, 6.07) is 0. The number of rotatable bonds is 2. The SMILES string of the molecule is CC1CCCC(C(=O)O)(N2C(=O)C3CCC(O3)C2=O)C1. The molecule has 1 saturated carbocycles. The number of ether oxygens (including phenoxy) is 1. The summed E-state index contributed by atoms with van der Waals surface area (Å²) in [7, 11) is 0. The molecule has 0 spiro atoms. The monoisotopic (exact) mass is 281 g/mol. The van der Waals surface area contributed by atoms with E-state index >= 15 is 0 Å². The van der Waals surface area contributed by atoms with Crippen LogP contribution in [0.1, 0.15) is 45.4 Å². The second-order valence-corrected chi connectivity index (χ2v) is 6.24. The molecule has 3 fully saturated rings. The van der Waals surface area contributed by atoms with Crippen LogP contribution < -0.4 is 0 Å². The number of morpholine rings is 1. The van der Waals surface area contributed by atoms with Crippen LogP contribution in [0.4, 0.5) is 0 Å². The minimum atomic E-state index is -1.36. The maximum Gasteiger partial charge on any atom is 0.330 e. The van der Waals surface area contributed by atoms with Gasteiger partial charge in [-0.05, 0) is 31.6 Å². The molecular weight excluding hydrogens is 262 g/mol. The topological polar surface area (TPSA) is 83.9 Å². The van der Waals surface area contributed by atoms with E-state index in [2.05, 4.69) is 0 Å². The number of carbonyl (C=O) groups excluding carboxylic acids is 2. The number of hydrogen-bond acceptors (Lipinski definition) is 4. The molecule has 1 N–H and O–H groups in total. The van der Waals surface area contributed by atoms with Crippen LogP contribution in [0.15, 0.2) is 0 Å². The number of likely N-dealkylation sites (tertiary alicyclic amines) is 1. The molecule has 4 unspecified atom stereocenters. The molecule has 110 valence electrons. The molecule has 6 nitrogen and oxygen atoms in total. The molecule has 2 aliphatic heterocycles. The Morgan fingerprint density at radius 3 is 2.35 bits per heavy atom. The third kappa shape index (κ3) is 1.78. The quantitative estimate of drug-likeness (QED) is 0.761. The molecule has 3 rings (SSSR count). The van der Waals surface area contributed by atoms with Crippen LogP contribution in [0, 0.1) is 5.92 Å². The molecule has 2 saturated heterocycles. The molecule has 1 aliphatic carbocycles. The van der Waals surface area contributed by atoms with Gasteiger partial charge in [-0.15, -0.1) is 0 Å². The fourth-order valence-electron chi connectivity index (χ4n) is 3.84. The standard InChI is InChI=1S/C14H19NO5/c1-8-3-2-6-14(7-8,13(18)19)15-11(16)9-4-5-10(20-9)12(15)17/h8-10H,2-7H2,1H3,(H,18,19). The van der Waals surface area contributed by atoms with Gasteiger partial charge in [0, 0.05) is 0 Å². The lowest BCUT2D eigenvalue weighted by molar-refractivity contribution is -0.186. The molecule has 2 heterocycles. The second kappa shape index (κ2) is 4.55. The Labute approximate surface area is 117 Å². The summed E-state index contributed by atoms with van der Waals surface area (Å²) < 4.78 is 5.36. The van der Waals surface area contributed by atoms with E-state index in [9.17, 15) is 19.5 Å². The molecule has 0 aromatic rings. The van der Waals surface area contributed by atoms with Crippen LogP contribution in [-0.4, -0.2) is 45.5 Å². The first-order valence-corrected chi connectivity index (χ1v) is 7.22. The number of fused-ring (bicyclic) bond motifs is 2. The lowest BCUT2D eigenvalue weighted by Crippen LogP contribution is -2.66. The highest BCUT2D eigenvalue weighted by atomic mass is 16.5. The van der Waals surface area contributed by atoms with Crippen molar-refractivity contribution in [2.75, 3.05) is 0 Å². The molecule has 0 aromatic carbocycles. The number of amides is 2. The van der Waals surface area contributed by atoms with Crippen molar-refractivity contribution in [3.8, 4) is 0 Å². The largest absolute Gasteiger partial charge is 0.479 e. The van der Waals surface area contributed by atoms with E-state index in [1.54, 1.807) is 0 Å². The van der Waals surface area contributed by atoms with Crippen molar-refractivity contribution in [2.24, 2.45) is 5.92 Å². The molecule has 3 aliphatic rings. The Hall–Kier alpha value is -1.43. The van der Waals surface area contributed by atoms with E-state index < -0.39 is 35.5 Å². The summed E-state index contributed by atoms with van der Waals surface area (Å²) in [5, 5.41) is 9.70. The van der Waals surface area contributed by atoms with Crippen molar-refractivity contribution >= 4 is 17.8 Å². The molecule has 0 radical (unpaired) electrons. The minimum Gasteiger partial charge on any atom is -0.479 e. The Balaban J connectivity index is 2.00. The molecule has 20 heavy (non-hydrogen) atoms. The average molecular weight is 281 g/mol. The normalized spacial score (nSPS) is 41.0. The maximum atomic E-state index is 12.4. The molecule has 0 aromatic heterocycles. The van der Waals surface area contributed by atoms with Crippen molar-refractivity contribution in [3.63, 3.8) is 0 Å². The number of hydrogen-bond donors (Lipinski definition) is 1. The van der Waals surface area contributed by atoms with Gasteiger partial charge in [-0.2, -0.15) is 0 Å². The highest BCUT2D eigenvalue weighted by molar-refractivity contribution is 6.06. The van der Waals surface area contributed by atoms with E-state index in [1.807, 2.05) is 6.92 Å². The van der Waals surface area contributed by atoms with Crippen LogP contribution in [0.25, 0.3) is 0 Å². The first-order chi connectivity index (χ1) is 9.45. The zero-order valence-corrected chi connectivity index (χ0v) is 11.5. The van der Waals surface area contributed by atoms with Gasteiger partial charge in [-0.1, -0.05) is 19.8 Å². The molecule has 2 amide bonds. The molecule has 6 heteroatoms. The summed E-state index contributed by atoms with van der Waals surface area (Å²) in [6.45, 7) is 1.97. The fourth-order valence-corrected chi connectivity index (χ4v) is 3.84.